The van der Waals surface area contributed by atoms with Gasteiger partial charge in [0.1, 0.15) is 4.88 Å². The molecule has 1 saturated carbocycles. The van der Waals surface area contributed by atoms with Gasteiger partial charge < -0.3 is 14.8 Å². The second kappa shape index (κ2) is 6.70. The normalized spacial score (nSPS) is 14.5. The maximum Gasteiger partial charge on any atom is 0.349 e. The van der Waals surface area contributed by atoms with Gasteiger partial charge in [-0.1, -0.05) is 11.3 Å². The number of thiazole rings is 1. The standard InChI is InChI=1S/C12H18N2O3S/c1-16-11(15)10-7-14-12(18-10)13-5-2-6-17-8-9-3-4-9/h7,9H,2-6,8H2,1H3,(H,13,14). The predicted molar refractivity (Wildman–Crippen MR) is 70.1 cm³/mol. The Balaban J connectivity index is 1.57. The van der Waals surface area contributed by atoms with Crippen molar-refractivity contribution < 1.29 is 14.3 Å². The van der Waals surface area contributed by atoms with Crippen molar-refractivity contribution in [1.29, 1.82) is 0 Å². The third-order valence-electron chi connectivity index (χ3n) is 2.68. The van der Waals surface area contributed by atoms with Gasteiger partial charge >= 0.3 is 5.97 Å². The Labute approximate surface area is 111 Å². The van der Waals surface area contributed by atoms with E-state index < -0.39 is 0 Å². The molecule has 6 heteroatoms. The highest BCUT2D eigenvalue weighted by molar-refractivity contribution is 7.17. The fourth-order valence-corrected chi connectivity index (χ4v) is 2.21. The van der Waals surface area contributed by atoms with Crippen LogP contribution in [0.25, 0.3) is 0 Å². The van der Waals surface area contributed by atoms with Crippen LogP contribution >= 0.6 is 11.3 Å². The molecular weight excluding hydrogens is 252 g/mol. The third kappa shape index (κ3) is 4.27. The molecule has 1 aliphatic rings. The lowest BCUT2D eigenvalue weighted by Crippen LogP contribution is -2.06. The first-order valence-corrected chi connectivity index (χ1v) is 6.97. The second-order valence-electron chi connectivity index (χ2n) is 4.32. The molecule has 1 fully saturated rings. The van der Waals surface area contributed by atoms with Crippen molar-refractivity contribution in [2.24, 2.45) is 5.92 Å². The number of anilines is 1. The summed E-state index contributed by atoms with van der Waals surface area (Å²) in [6.07, 6.45) is 5.13. The van der Waals surface area contributed by atoms with E-state index in [0.717, 1.165) is 37.2 Å². The van der Waals surface area contributed by atoms with E-state index in [2.05, 4.69) is 15.0 Å². The summed E-state index contributed by atoms with van der Waals surface area (Å²) in [5.41, 5.74) is 0. The van der Waals surface area contributed by atoms with Crippen molar-refractivity contribution in [1.82, 2.24) is 4.98 Å². The molecule has 0 radical (unpaired) electrons. The molecule has 0 atom stereocenters. The third-order valence-corrected chi connectivity index (χ3v) is 3.62. The Morgan fingerprint density at radius 1 is 1.61 bits per heavy atom. The molecule has 1 aromatic rings. The fourth-order valence-electron chi connectivity index (χ4n) is 1.45. The van der Waals surface area contributed by atoms with Crippen molar-refractivity contribution in [2.45, 2.75) is 19.3 Å². The molecule has 2 rings (SSSR count). The van der Waals surface area contributed by atoms with Crippen LogP contribution in [0.4, 0.5) is 5.13 Å². The van der Waals surface area contributed by atoms with Crippen molar-refractivity contribution in [3.05, 3.63) is 11.1 Å². The highest BCUT2D eigenvalue weighted by Crippen LogP contribution is 2.28. The molecule has 18 heavy (non-hydrogen) atoms. The smallest absolute Gasteiger partial charge is 0.349 e. The molecule has 0 saturated heterocycles. The van der Waals surface area contributed by atoms with Gasteiger partial charge in [0.25, 0.3) is 0 Å². The van der Waals surface area contributed by atoms with Gasteiger partial charge in [0, 0.05) is 19.8 Å². The first kappa shape index (κ1) is 13.3. The minimum Gasteiger partial charge on any atom is -0.465 e. The zero-order valence-electron chi connectivity index (χ0n) is 10.5. The van der Waals surface area contributed by atoms with Gasteiger partial charge in [-0.05, 0) is 25.2 Å². The second-order valence-corrected chi connectivity index (χ2v) is 5.35. The molecule has 1 aromatic heterocycles. The molecule has 1 aliphatic carbocycles. The lowest BCUT2D eigenvalue weighted by molar-refractivity contribution is 0.0606. The largest absolute Gasteiger partial charge is 0.465 e. The van der Waals surface area contributed by atoms with Gasteiger partial charge in [0.2, 0.25) is 0 Å². The maximum absolute atomic E-state index is 11.2. The average molecular weight is 270 g/mol. The van der Waals surface area contributed by atoms with Crippen LogP contribution in [-0.2, 0) is 9.47 Å². The number of rotatable bonds is 8. The lowest BCUT2D eigenvalue weighted by Gasteiger charge is -2.03. The molecule has 0 aromatic carbocycles. The monoisotopic (exact) mass is 270 g/mol. The predicted octanol–water partition coefficient (Wildman–Crippen LogP) is 2.16. The first-order valence-electron chi connectivity index (χ1n) is 6.15. The summed E-state index contributed by atoms with van der Waals surface area (Å²) in [4.78, 5) is 15.8. The molecule has 1 N–H and O–H groups in total. The molecule has 0 unspecified atom stereocenters. The SMILES string of the molecule is COC(=O)c1cnc(NCCCOCC2CC2)s1. The van der Waals surface area contributed by atoms with E-state index in [1.54, 1.807) is 0 Å². The molecule has 0 bridgehead atoms. The summed E-state index contributed by atoms with van der Waals surface area (Å²) in [7, 11) is 1.37. The Morgan fingerprint density at radius 3 is 3.17 bits per heavy atom. The van der Waals surface area contributed by atoms with Crippen LogP contribution in [0.15, 0.2) is 6.20 Å². The summed E-state index contributed by atoms with van der Waals surface area (Å²) in [6.45, 7) is 2.49. The number of esters is 1. The Bertz CT molecular complexity index is 390. The summed E-state index contributed by atoms with van der Waals surface area (Å²) in [6, 6.07) is 0. The van der Waals surface area contributed by atoms with Crippen LogP contribution in [0.3, 0.4) is 0 Å². The van der Waals surface area contributed by atoms with Crippen LogP contribution in [0.5, 0.6) is 0 Å². The number of ether oxygens (including phenoxy) is 2. The molecule has 5 nitrogen and oxygen atoms in total. The van der Waals surface area contributed by atoms with Gasteiger partial charge in [0.05, 0.1) is 13.3 Å². The van der Waals surface area contributed by atoms with E-state index in [1.807, 2.05) is 0 Å². The molecular formula is C12H18N2O3S. The zero-order chi connectivity index (χ0) is 12.8. The molecule has 0 amide bonds. The summed E-state index contributed by atoms with van der Waals surface area (Å²) in [5.74, 6) is 0.479. The summed E-state index contributed by atoms with van der Waals surface area (Å²) >= 11 is 1.31. The Kier molecular flexibility index (Phi) is 4.95. The quantitative estimate of drug-likeness (QED) is 0.579. The van der Waals surface area contributed by atoms with E-state index in [9.17, 15) is 4.79 Å². The number of carbonyl (C=O) groups is 1. The number of aromatic nitrogens is 1. The van der Waals surface area contributed by atoms with E-state index in [-0.39, 0.29) is 5.97 Å². The number of hydrogen-bond acceptors (Lipinski definition) is 6. The Morgan fingerprint density at radius 2 is 2.44 bits per heavy atom. The van der Waals surface area contributed by atoms with Crippen molar-refractivity contribution in [2.75, 3.05) is 32.2 Å². The number of nitrogens with one attached hydrogen (secondary N) is 1. The molecule has 100 valence electrons. The van der Waals surface area contributed by atoms with Crippen molar-refractivity contribution >= 4 is 22.4 Å². The van der Waals surface area contributed by atoms with Crippen molar-refractivity contribution in [3.8, 4) is 0 Å². The van der Waals surface area contributed by atoms with Crippen molar-refractivity contribution in [3.63, 3.8) is 0 Å². The van der Waals surface area contributed by atoms with Gasteiger partial charge in [0.15, 0.2) is 5.13 Å². The molecule has 0 aliphatic heterocycles. The summed E-state index contributed by atoms with van der Waals surface area (Å²) < 4.78 is 10.1. The maximum atomic E-state index is 11.2. The van der Waals surface area contributed by atoms with Gasteiger partial charge in [-0.2, -0.15) is 0 Å². The highest BCUT2D eigenvalue weighted by atomic mass is 32.1. The zero-order valence-corrected chi connectivity index (χ0v) is 11.3. The summed E-state index contributed by atoms with van der Waals surface area (Å²) in [5, 5.41) is 3.92. The number of methoxy groups -OCH3 is 1. The van der Waals surface area contributed by atoms with E-state index >= 15 is 0 Å². The number of nitrogens with zero attached hydrogens (tertiary/aromatic N) is 1. The van der Waals surface area contributed by atoms with Crippen LogP contribution in [0, 0.1) is 5.92 Å². The first-order chi connectivity index (χ1) is 8.79. The average Bonchev–Trinajstić information content (AvgIpc) is 3.09. The van der Waals surface area contributed by atoms with Crippen LogP contribution in [0.2, 0.25) is 0 Å². The molecule has 0 spiro atoms. The molecule has 1 heterocycles. The van der Waals surface area contributed by atoms with E-state index in [4.69, 9.17) is 4.74 Å². The van der Waals surface area contributed by atoms with Gasteiger partial charge in [-0.3, -0.25) is 0 Å². The van der Waals surface area contributed by atoms with Gasteiger partial charge in [-0.25, -0.2) is 9.78 Å². The minimum atomic E-state index is -0.340. The Hall–Kier alpha value is -1.14. The van der Waals surface area contributed by atoms with Crippen LogP contribution in [0.1, 0.15) is 28.9 Å². The topological polar surface area (TPSA) is 60.5 Å². The van der Waals surface area contributed by atoms with E-state index in [1.165, 1.54) is 37.5 Å². The van der Waals surface area contributed by atoms with Crippen LogP contribution < -0.4 is 5.32 Å². The van der Waals surface area contributed by atoms with Crippen LogP contribution in [-0.4, -0.2) is 37.8 Å². The minimum absolute atomic E-state index is 0.340. The van der Waals surface area contributed by atoms with E-state index in [0.29, 0.717) is 4.88 Å². The fraction of sp³-hybridized carbons (Fsp3) is 0.667. The highest BCUT2D eigenvalue weighted by Gasteiger charge is 2.20. The number of carbonyl (C=O) groups excluding carboxylic acids is 1. The number of hydrogen-bond donors (Lipinski definition) is 1. The lowest BCUT2D eigenvalue weighted by atomic mass is 10.4. The van der Waals surface area contributed by atoms with Gasteiger partial charge in [-0.15, -0.1) is 0 Å².